The van der Waals surface area contributed by atoms with Crippen molar-refractivity contribution in [2.45, 2.75) is 89.3 Å². The highest BCUT2D eigenvalue weighted by Crippen LogP contribution is 2.39. The zero-order valence-electron chi connectivity index (χ0n) is 19.8. The minimum Gasteiger partial charge on any atom is -0.356 e. The van der Waals surface area contributed by atoms with Crippen molar-refractivity contribution in [1.82, 2.24) is 10.6 Å². The Morgan fingerprint density at radius 1 is 1.21 bits per heavy atom. The molecule has 6 heteroatoms. The second-order valence-corrected chi connectivity index (χ2v) is 9.37. The Morgan fingerprint density at radius 2 is 1.97 bits per heavy atom. The van der Waals surface area contributed by atoms with Crippen molar-refractivity contribution >= 4 is 11.7 Å². The van der Waals surface area contributed by atoms with E-state index in [-0.39, 0.29) is 12.0 Å². The number of nitrogens with one attached hydrogen (secondary N) is 2. The summed E-state index contributed by atoms with van der Waals surface area (Å²) in [6.07, 6.45) is 13.2. The number of ketones is 1. The summed E-state index contributed by atoms with van der Waals surface area (Å²) in [7, 11) is 0. The van der Waals surface area contributed by atoms with E-state index in [2.05, 4.69) is 28.8 Å². The van der Waals surface area contributed by atoms with Gasteiger partial charge in [-0.25, -0.2) is 0 Å². The number of carbonyl (C=O) groups excluding carboxylic acids is 2. The van der Waals surface area contributed by atoms with Crippen molar-refractivity contribution in [3.63, 3.8) is 0 Å². The summed E-state index contributed by atoms with van der Waals surface area (Å²) in [6, 6.07) is 9.14. The highest BCUT2D eigenvalue weighted by Gasteiger charge is 2.41. The number of allylic oxidation sites excluding steroid dienone is 3. The molecule has 0 aromatic heterocycles. The summed E-state index contributed by atoms with van der Waals surface area (Å²) < 4.78 is 6.04. The number of carbonyl (C=O) groups is 2. The normalized spacial score (nSPS) is 21.6. The molecule has 3 rings (SSSR count). The number of Topliss-reactive ketones (excluding diaryl/α,β-unsaturated/α-hetero) is 1. The van der Waals surface area contributed by atoms with Crippen molar-refractivity contribution in [1.29, 1.82) is 0 Å². The molecule has 0 aliphatic heterocycles. The molecular weight excluding hydrogens is 416 g/mol. The van der Waals surface area contributed by atoms with Gasteiger partial charge < -0.3 is 15.2 Å². The van der Waals surface area contributed by atoms with E-state index in [9.17, 15) is 14.7 Å². The molecule has 0 radical (unpaired) electrons. The van der Waals surface area contributed by atoms with Crippen LogP contribution in [0.25, 0.3) is 0 Å². The summed E-state index contributed by atoms with van der Waals surface area (Å²) in [4.78, 5) is 25.7. The average molecular weight is 455 g/mol. The molecule has 3 unspecified atom stereocenters. The number of hydrogen-bond acceptors (Lipinski definition) is 5. The summed E-state index contributed by atoms with van der Waals surface area (Å²) in [6.45, 7) is 3.94. The first-order valence-electron chi connectivity index (χ1n) is 12.3. The lowest BCUT2D eigenvalue weighted by Gasteiger charge is -2.43. The van der Waals surface area contributed by atoms with Crippen molar-refractivity contribution in [3.8, 4) is 0 Å². The van der Waals surface area contributed by atoms with Crippen LogP contribution < -0.4 is 10.6 Å². The molecule has 1 aromatic carbocycles. The van der Waals surface area contributed by atoms with Gasteiger partial charge in [0, 0.05) is 18.4 Å². The Labute approximate surface area is 197 Å². The molecule has 1 amide bonds. The third kappa shape index (κ3) is 7.36. The Morgan fingerprint density at radius 3 is 2.58 bits per heavy atom. The third-order valence-electron chi connectivity index (χ3n) is 6.74. The number of aliphatic hydroxyl groups is 1. The van der Waals surface area contributed by atoms with Gasteiger partial charge in [0.2, 0.25) is 12.2 Å². The zero-order valence-corrected chi connectivity index (χ0v) is 19.8. The van der Waals surface area contributed by atoms with Gasteiger partial charge in [0.25, 0.3) is 5.91 Å². The van der Waals surface area contributed by atoms with Crippen molar-refractivity contribution in [2.75, 3.05) is 0 Å². The summed E-state index contributed by atoms with van der Waals surface area (Å²) in [5, 5.41) is 16.4. The number of unbranched alkanes of at least 4 members (excludes halogenated alkanes) is 1. The predicted molar refractivity (Wildman–Crippen MR) is 129 cm³/mol. The van der Waals surface area contributed by atoms with Crippen LogP contribution in [0.2, 0.25) is 0 Å². The molecule has 0 saturated heterocycles. The van der Waals surface area contributed by atoms with Gasteiger partial charge in [-0.05, 0) is 44.6 Å². The first-order chi connectivity index (χ1) is 15.9. The second-order valence-electron chi connectivity index (χ2n) is 9.37. The number of amides is 1. The predicted octanol–water partition coefficient (Wildman–Crippen LogP) is 3.80. The van der Waals surface area contributed by atoms with Gasteiger partial charge in [0.1, 0.15) is 0 Å². The lowest BCUT2D eigenvalue weighted by atomic mass is 9.76. The molecule has 1 saturated carbocycles. The Kier molecular flexibility index (Phi) is 9.41. The van der Waals surface area contributed by atoms with E-state index >= 15 is 0 Å². The Bertz CT molecular complexity index is 832. The molecule has 2 aliphatic carbocycles. The van der Waals surface area contributed by atoms with E-state index < -0.39 is 29.7 Å². The van der Waals surface area contributed by atoms with Gasteiger partial charge in [0.05, 0.1) is 11.6 Å². The molecule has 0 spiro atoms. The number of hydrogen-bond donors (Lipinski definition) is 3. The van der Waals surface area contributed by atoms with Gasteiger partial charge >= 0.3 is 0 Å². The van der Waals surface area contributed by atoms with E-state index in [1.54, 1.807) is 0 Å². The average Bonchev–Trinajstić information content (AvgIpc) is 2.81. The molecule has 2 aliphatic rings. The first-order valence-corrected chi connectivity index (χ1v) is 12.3. The van der Waals surface area contributed by atoms with Gasteiger partial charge in [-0.3, -0.25) is 14.9 Å². The van der Waals surface area contributed by atoms with Crippen molar-refractivity contribution in [3.05, 3.63) is 60.2 Å². The molecule has 0 bridgehead atoms. The lowest BCUT2D eigenvalue weighted by Crippen LogP contribution is -2.55. The van der Waals surface area contributed by atoms with E-state index in [4.69, 9.17) is 4.74 Å². The van der Waals surface area contributed by atoms with Crippen LogP contribution in [0, 0.1) is 5.92 Å². The van der Waals surface area contributed by atoms with Gasteiger partial charge in [-0.2, -0.15) is 0 Å². The number of aliphatic hydroxyl groups excluding tert-OH is 1. The van der Waals surface area contributed by atoms with Crippen LogP contribution in [0.3, 0.4) is 0 Å². The maximum atomic E-state index is 13.0. The SMILES string of the molecule is CCCC[C@H](NC(O)OC1(Cc2ccccc2)CCC1)C(=O)C(=O)NC(C)C1C=CC=CC1. The number of ether oxygens (including phenoxy) is 1. The highest BCUT2D eigenvalue weighted by molar-refractivity contribution is 6.38. The van der Waals surface area contributed by atoms with E-state index in [0.717, 1.165) is 44.1 Å². The molecule has 1 fully saturated rings. The Hall–Kier alpha value is -2.28. The fourth-order valence-corrected chi connectivity index (χ4v) is 4.53. The van der Waals surface area contributed by atoms with Crippen LogP contribution in [-0.2, 0) is 20.7 Å². The molecule has 6 nitrogen and oxygen atoms in total. The third-order valence-corrected chi connectivity index (χ3v) is 6.74. The van der Waals surface area contributed by atoms with Gasteiger partial charge in [-0.15, -0.1) is 0 Å². The Balaban J connectivity index is 1.57. The smallest absolute Gasteiger partial charge is 0.289 e. The van der Waals surface area contributed by atoms with E-state index in [1.165, 1.54) is 0 Å². The van der Waals surface area contributed by atoms with Crippen LogP contribution in [0.4, 0.5) is 0 Å². The maximum absolute atomic E-state index is 13.0. The minimum absolute atomic E-state index is 0.153. The molecule has 3 N–H and O–H groups in total. The van der Waals surface area contributed by atoms with Crippen LogP contribution in [0.15, 0.2) is 54.6 Å². The monoisotopic (exact) mass is 454 g/mol. The molecular formula is C27H38N2O4. The van der Waals surface area contributed by atoms with Crippen LogP contribution >= 0.6 is 0 Å². The fourth-order valence-electron chi connectivity index (χ4n) is 4.53. The zero-order chi connectivity index (χ0) is 23.7. The van der Waals surface area contributed by atoms with Crippen molar-refractivity contribution in [2.24, 2.45) is 5.92 Å². The quantitative estimate of drug-likeness (QED) is 0.312. The molecule has 4 atom stereocenters. The van der Waals surface area contributed by atoms with Crippen LogP contribution in [0.5, 0.6) is 0 Å². The highest BCUT2D eigenvalue weighted by atomic mass is 16.6. The van der Waals surface area contributed by atoms with Gasteiger partial charge in [-0.1, -0.05) is 74.4 Å². The number of benzene rings is 1. The summed E-state index contributed by atoms with van der Waals surface area (Å²) in [5.74, 6) is -1.01. The van der Waals surface area contributed by atoms with Crippen LogP contribution in [0.1, 0.15) is 64.4 Å². The van der Waals surface area contributed by atoms with E-state index in [0.29, 0.717) is 12.8 Å². The first kappa shape index (κ1) is 25.3. The maximum Gasteiger partial charge on any atom is 0.289 e. The molecule has 33 heavy (non-hydrogen) atoms. The molecule has 0 heterocycles. The number of rotatable bonds is 13. The topological polar surface area (TPSA) is 87.7 Å². The van der Waals surface area contributed by atoms with Crippen LogP contribution in [-0.4, -0.2) is 40.9 Å². The lowest BCUT2D eigenvalue weighted by molar-refractivity contribution is -0.228. The fraction of sp³-hybridized carbons (Fsp3) is 0.556. The summed E-state index contributed by atoms with van der Waals surface area (Å²) in [5.41, 5.74) is 0.715. The van der Waals surface area contributed by atoms with Gasteiger partial charge in [0.15, 0.2) is 0 Å². The van der Waals surface area contributed by atoms with E-state index in [1.807, 2.05) is 50.3 Å². The summed E-state index contributed by atoms with van der Waals surface area (Å²) >= 11 is 0. The standard InChI is InChI=1S/C27H38N2O4/c1-3-4-16-23(24(30)25(31)28-20(2)22-14-9-6-10-15-22)29-26(32)33-27(17-11-18-27)19-21-12-7-5-8-13-21/h5-10,12-14,20,22-23,26,29,32H,3-4,11,15-19H2,1-2H3,(H,28,31)/t20?,22?,23-,26?/m0/s1. The largest absolute Gasteiger partial charge is 0.356 e. The van der Waals surface area contributed by atoms with Crippen molar-refractivity contribution < 1.29 is 19.4 Å². The molecule has 180 valence electrons. The minimum atomic E-state index is -1.31. The molecule has 1 aromatic rings. The second kappa shape index (κ2) is 12.3.